The Hall–Kier alpha value is -3.00. The Bertz CT molecular complexity index is 1210. The molecule has 0 aliphatic heterocycles. The van der Waals surface area contributed by atoms with Crippen LogP contribution < -0.4 is 5.32 Å². The molecule has 3 N–H and O–H groups in total. The normalized spacial score (nSPS) is 37.1. The highest BCUT2D eigenvalue weighted by molar-refractivity contribution is 5.96. The lowest BCUT2D eigenvalue weighted by Crippen LogP contribution is -2.57. The summed E-state index contributed by atoms with van der Waals surface area (Å²) < 4.78 is 0. The summed E-state index contributed by atoms with van der Waals surface area (Å²) in [6.07, 6.45) is 9.21. The largest absolute Gasteiger partial charge is 0.479 e. The van der Waals surface area contributed by atoms with E-state index < -0.39 is 23.5 Å². The van der Waals surface area contributed by atoms with Crippen LogP contribution >= 0.6 is 0 Å². The van der Waals surface area contributed by atoms with Crippen LogP contribution in [-0.2, 0) is 19.2 Å². The molecule has 210 valence electrons. The molecule has 0 bridgehead atoms. The number of fused-ring (bicyclic) bond motifs is 5. The number of aliphatic carboxylic acids is 1. The fourth-order valence-corrected chi connectivity index (χ4v) is 8.55. The Morgan fingerprint density at radius 3 is 2.46 bits per heavy atom. The van der Waals surface area contributed by atoms with Crippen molar-refractivity contribution in [2.75, 3.05) is 6.61 Å². The first kappa shape index (κ1) is 27.6. The smallest absolute Gasteiger partial charge is 0.330 e. The Kier molecular flexibility index (Phi) is 7.20. The van der Waals surface area contributed by atoms with Crippen LogP contribution in [0.2, 0.25) is 0 Å². The highest BCUT2D eigenvalue weighted by atomic mass is 16.6. The van der Waals surface area contributed by atoms with Gasteiger partial charge in [0.2, 0.25) is 0 Å². The number of carbonyl (C=O) groups excluding carboxylic acids is 2. The lowest BCUT2D eigenvalue weighted by atomic mass is 9.46. The number of hydrogen-bond donors (Lipinski definition) is 3. The summed E-state index contributed by atoms with van der Waals surface area (Å²) in [4.78, 5) is 41.9. The maximum Gasteiger partial charge on any atom is 0.330 e. The second kappa shape index (κ2) is 10.2. The summed E-state index contributed by atoms with van der Waals surface area (Å²) >= 11 is 0. The molecule has 0 radical (unpaired) electrons. The maximum atomic E-state index is 12.5. The molecule has 0 unspecified atom stereocenters. The average molecular weight is 537 g/mol. The van der Waals surface area contributed by atoms with Crippen LogP contribution in [0.4, 0.5) is 0 Å². The summed E-state index contributed by atoms with van der Waals surface area (Å²) in [5.41, 5.74) is 1.19. The Morgan fingerprint density at radius 2 is 1.77 bits per heavy atom. The van der Waals surface area contributed by atoms with Crippen LogP contribution in [0.25, 0.3) is 0 Å². The third kappa shape index (κ3) is 4.60. The molecule has 8 nitrogen and oxygen atoms in total. The summed E-state index contributed by atoms with van der Waals surface area (Å²) in [6.45, 7) is 5.70. The minimum absolute atomic E-state index is 0.0575. The number of aliphatic hydroxyl groups is 1. The van der Waals surface area contributed by atoms with Crippen molar-refractivity contribution in [3.8, 4) is 0 Å². The van der Waals surface area contributed by atoms with Crippen molar-refractivity contribution in [3.05, 3.63) is 47.5 Å². The fourth-order valence-electron chi connectivity index (χ4n) is 8.55. The Morgan fingerprint density at radius 1 is 1.05 bits per heavy atom. The first-order valence-corrected chi connectivity index (χ1v) is 14.2. The second-order valence-corrected chi connectivity index (χ2v) is 12.5. The molecular weight excluding hydrogens is 496 g/mol. The van der Waals surface area contributed by atoms with Crippen molar-refractivity contribution < 1.29 is 29.4 Å². The molecule has 0 saturated heterocycles. The summed E-state index contributed by atoms with van der Waals surface area (Å²) in [5, 5.41) is 27.6. The summed E-state index contributed by atoms with van der Waals surface area (Å²) in [6, 6.07) is 7.40. The number of benzene rings is 1. The average Bonchev–Trinajstić information content (AvgIpc) is 3.19. The molecule has 0 heterocycles. The molecule has 0 spiro atoms. The van der Waals surface area contributed by atoms with Gasteiger partial charge in [0.15, 0.2) is 18.4 Å². The van der Waals surface area contributed by atoms with Gasteiger partial charge < -0.3 is 20.4 Å². The lowest BCUT2D eigenvalue weighted by Gasteiger charge is -2.59. The molecular formula is C31H40N2O6. The Balaban J connectivity index is 1.23. The van der Waals surface area contributed by atoms with Gasteiger partial charge in [0.25, 0.3) is 5.91 Å². The first-order valence-electron chi connectivity index (χ1n) is 14.2. The van der Waals surface area contributed by atoms with Crippen molar-refractivity contribution in [3.63, 3.8) is 0 Å². The fraction of sp³-hybridized carbons (Fsp3) is 0.613. The van der Waals surface area contributed by atoms with Crippen LogP contribution in [0.1, 0.15) is 83.7 Å². The van der Waals surface area contributed by atoms with Gasteiger partial charge in [-0.05, 0) is 93.1 Å². The topological polar surface area (TPSA) is 125 Å². The van der Waals surface area contributed by atoms with Crippen LogP contribution in [-0.4, -0.2) is 45.8 Å². The van der Waals surface area contributed by atoms with Gasteiger partial charge in [-0.3, -0.25) is 9.59 Å². The summed E-state index contributed by atoms with van der Waals surface area (Å²) in [5.74, 6) is -0.380. The molecule has 4 aliphatic rings. The zero-order valence-corrected chi connectivity index (χ0v) is 23.1. The first-order chi connectivity index (χ1) is 18.5. The third-order valence-electron chi connectivity index (χ3n) is 10.8. The van der Waals surface area contributed by atoms with E-state index in [0.29, 0.717) is 29.7 Å². The van der Waals surface area contributed by atoms with E-state index in [1.165, 1.54) is 5.57 Å². The zero-order chi connectivity index (χ0) is 28.0. The SMILES string of the molecule is CC(=O)[C@]1(O)CC[C@@H]2[C@H]3CCC4=C/C(=N/OCC(=O)N[C@@H](C(=O)O)c5ccccc5)CC[C@]4(C)[C@@H]3CC[C@]21C. The van der Waals surface area contributed by atoms with Crippen molar-refractivity contribution in [1.82, 2.24) is 5.32 Å². The van der Waals surface area contributed by atoms with Crippen LogP contribution in [0.5, 0.6) is 0 Å². The van der Waals surface area contributed by atoms with Gasteiger partial charge in [0.05, 0.1) is 5.71 Å². The molecule has 7 atom stereocenters. The maximum absolute atomic E-state index is 12.5. The minimum atomic E-state index is -1.19. The number of ketones is 1. The highest BCUT2D eigenvalue weighted by Gasteiger charge is 2.65. The van der Waals surface area contributed by atoms with E-state index in [1.807, 2.05) is 0 Å². The number of allylic oxidation sites excluding steroid dienone is 2. The standard InChI is InChI=1S/C31H40N2O6/c1-19(34)31(38)16-13-25-23-10-9-21-17-22(11-14-29(21,2)24(23)12-15-30(25,31)3)33-39-18-26(35)32-27(28(36)37)20-7-5-4-6-8-20/h4-8,17,23-25,27,38H,9-16,18H2,1-3H3,(H,32,35)(H,36,37)/b33-22+/t23-,24+,25+,27+,29-,30+,31+/m0/s1. The Labute approximate surface area is 229 Å². The van der Waals surface area contributed by atoms with Crippen LogP contribution in [0.3, 0.4) is 0 Å². The van der Waals surface area contributed by atoms with Crippen molar-refractivity contribution in [2.45, 2.75) is 83.8 Å². The number of rotatable bonds is 7. The molecule has 0 aromatic heterocycles. The summed E-state index contributed by atoms with van der Waals surface area (Å²) in [7, 11) is 0. The van der Waals surface area contributed by atoms with Gasteiger partial charge in [-0.1, -0.05) is 54.9 Å². The lowest BCUT2D eigenvalue weighted by molar-refractivity contribution is -0.159. The molecule has 3 fully saturated rings. The van der Waals surface area contributed by atoms with Gasteiger partial charge in [-0.25, -0.2) is 4.79 Å². The number of oxime groups is 1. The van der Waals surface area contributed by atoms with Crippen LogP contribution in [0.15, 0.2) is 47.1 Å². The van der Waals surface area contributed by atoms with Gasteiger partial charge >= 0.3 is 5.97 Å². The van der Waals surface area contributed by atoms with E-state index in [2.05, 4.69) is 30.4 Å². The highest BCUT2D eigenvalue weighted by Crippen LogP contribution is 2.67. The molecule has 1 aromatic rings. The molecule has 1 aromatic carbocycles. The minimum Gasteiger partial charge on any atom is -0.479 e. The van der Waals surface area contributed by atoms with E-state index >= 15 is 0 Å². The van der Waals surface area contributed by atoms with Gasteiger partial charge in [-0.15, -0.1) is 0 Å². The van der Waals surface area contributed by atoms with Crippen molar-refractivity contribution >= 4 is 23.4 Å². The molecule has 39 heavy (non-hydrogen) atoms. The van der Waals surface area contributed by atoms with E-state index in [1.54, 1.807) is 37.3 Å². The van der Waals surface area contributed by atoms with Gasteiger partial charge in [0.1, 0.15) is 5.60 Å². The number of carbonyl (C=O) groups is 3. The van der Waals surface area contributed by atoms with Crippen molar-refractivity contribution in [1.29, 1.82) is 0 Å². The molecule has 3 saturated carbocycles. The number of Topliss-reactive ketones (excluding diaryl/α,β-unsaturated/α-hetero) is 1. The number of carboxylic acids is 1. The second-order valence-electron chi connectivity index (χ2n) is 12.5. The molecule has 8 heteroatoms. The monoisotopic (exact) mass is 536 g/mol. The number of nitrogens with one attached hydrogen (secondary N) is 1. The number of carboxylic acid groups (broad SMARTS) is 1. The molecule has 4 aliphatic carbocycles. The van der Waals surface area contributed by atoms with Crippen molar-refractivity contribution in [2.24, 2.45) is 33.7 Å². The zero-order valence-electron chi connectivity index (χ0n) is 23.1. The van der Waals surface area contributed by atoms with E-state index in [9.17, 15) is 24.6 Å². The third-order valence-corrected chi connectivity index (χ3v) is 10.8. The van der Waals surface area contributed by atoms with Gasteiger partial charge in [-0.2, -0.15) is 0 Å². The van der Waals surface area contributed by atoms with E-state index in [-0.39, 0.29) is 23.2 Å². The quantitative estimate of drug-likeness (QED) is 0.438. The number of nitrogens with zero attached hydrogens (tertiary/aromatic N) is 1. The molecule has 5 rings (SSSR count). The predicted octanol–water partition coefficient (Wildman–Crippen LogP) is 4.58. The van der Waals surface area contributed by atoms with E-state index in [0.717, 1.165) is 50.7 Å². The predicted molar refractivity (Wildman–Crippen MR) is 146 cm³/mol. The van der Waals surface area contributed by atoms with E-state index in [4.69, 9.17) is 4.84 Å². The molecule has 1 amide bonds. The number of amides is 1. The van der Waals surface area contributed by atoms with Crippen LogP contribution in [0, 0.1) is 28.6 Å². The number of hydrogen-bond acceptors (Lipinski definition) is 6. The van der Waals surface area contributed by atoms with Gasteiger partial charge in [0, 0.05) is 5.41 Å².